The van der Waals surface area contributed by atoms with Crippen molar-refractivity contribution in [2.24, 2.45) is 10.7 Å². The van der Waals surface area contributed by atoms with Crippen LogP contribution in [0.15, 0.2) is 35.0 Å². The molecule has 1 fully saturated rings. The van der Waals surface area contributed by atoms with Crippen molar-refractivity contribution in [2.45, 2.75) is 19.0 Å². The van der Waals surface area contributed by atoms with Crippen molar-refractivity contribution in [2.75, 3.05) is 13.1 Å². The average molecular weight is 320 g/mol. The Hall–Kier alpha value is -3.32. The van der Waals surface area contributed by atoms with Gasteiger partial charge < -0.3 is 15.5 Å². The van der Waals surface area contributed by atoms with Gasteiger partial charge in [0, 0.05) is 37.6 Å². The molecule has 7 heteroatoms. The molecule has 1 aromatic rings. The van der Waals surface area contributed by atoms with E-state index in [0.717, 1.165) is 12.0 Å². The summed E-state index contributed by atoms with van der Waals surface area (Å²) >= 11 is 0. The number of rotatable bonds is 3. The summed E-state index contributed by atoms with van der Waals surface area (Å²) in [7, 11) is 0. The SMILES string of the molecule is N#C/C(C=Nc1ccc2c(c1)C(=O)N(C1CCN(C#N)C1)C2)=C/N. The first kappa shape index (κ1) is 15.6. The topological polar surface area (TPSA) is 110 Å². The van der Waals surface area contributed by atoms with Gasteiger partial charge in [0.15, 0.2) is 6.19 Å². The van der Waals surface area contributed by atoms with E-state index in [1.54, 1.807) is 11.0 Å². The molecule has 1 aromatic carbocycles. The van der Waals surface area contributed by atoms with Gasteiger partial charge in [-0.05, 0) is 24.1 Å². The van der Waals surface area contributed by atoms with E-state index >= 15 is 0 Å². The summed E-state index contributed by atoms with van der Waals surface area (Å²) in [5.74, 6) is -0.0262. The summed E-state index contributed by atoms with van der Waals surface area (Å²) in [6, 6.07) is 7.42. The second kappa shape index (κ2) is 6.43. The Labute approximate surface area is 139 Å². The van der Waals surface area contributed by atoms with Crippen LogP contribution in [0.5, 0.6) is 0 Å². The smallest absolute Gasteiger partial charge is 0.254 e. The van der Waals surface area contributed by atoms with Gasteiger partial charge in [-0.3, -0.25) is 9.79 Å². The maximum atomic E-state index is 12.7. The van der Waals surface area contributed by atoms with Gasteiger partial charge in [-0.1, -0.05) is 6.07 Å². The molecule has 2 aliphatic heterocycles. The summed E-state index contributed by atoms with van der Waals surface area (Å²) < 4.78 is 0. The quantitative estimate of drug-likeness (QED) is 0.512. The highest BCUT2D eigenvalue weighted by molar-refractivity contribution is 5.99. The highest BCUT2D eigenvalue weighted by Crippen LogP contribution is 2.30. The van der Waals surface area contributed by atoms with Crippen molar-refractivity contribution in [3.63, 3.8) is 0 Å². The molecule has 24 heavy (non-hydrogen) atoms. The van der Waals surface area contributed by atoms with Gasteiger partial charge in [-0.15, -0.1) is 0 Å². The lowest BCUT2D eigenvalue weighted by Gasteiger charge is -2.23. The largest absolute Gasteiger partial charge is 0.403 e. The Morgan fingerprint density at radius 2 is 2.25 bits per heavy atom. The molecular weight excluding hydrogens is 304 g/mol. The predicted octanol–water partition coefficient (Wildman–Crippen LogP) is 1.27. The Bertz CT molecular complexity index is 813. The third kappa shape index (κ3) is 2.80. The van der Waals surface area contributed by atoms with Gasteiger partial charge in [0.05, 0.1) is 17.3 Å². The molecule has 0 aromatic heterocycles. The molecule has 0 saturated carbocycles. The number of carbonyl (C=O) groups excluding carboxylic acids is 1. The van der Waals surface area contributed by atoms with Crippen LogP contribution in [0, 0.1) is 22.8 Å². The van der Waals surface area contributed by atoms with Crippen LogP contribution in [-0.4, -0.2) is 41.1 Å². The lowest BCUT2D eigenvalue weighted by Crippen LogP contribution is -2.37. The van der Waals surface area contributed by atoms with E-state index in [1.165, 1.54) is 12.4 Å². The zero-order valence-corrected chi connectivity index (χ0v) is 13.0. The number of nitriles is 2. The molecular formula is C17H16N6O. The molecule has 3 rings (SSSR count). The Morgan fingerprint density at radius 3 is 2.92 bits per heavy atom. The first-order valence-electron chi connectivity index (χ1n) is 7.61. The van der Waals surface area contributed by atoms with Crippen molar-refractivity contribution in [1.82, 2.24) is 9.80 Å². The fraction of sp³-hybridized carbons (Fsp3) is 0.294. The number of benzene rings is 1. The monoisotopic (exact) mass is 320 g/mol. The molecule has 2 N–H and O–H groups in total. The molecule has 1 amide bonds. The van der Waals surface area contributed by atoms with E-state index < -0.39 is 0 Å². The van der Waals surface area contributed by atoms with Gasteiger partial charge >= 0.3 is 0 Å². The second-order valence-electron chi connectivity index (χ2n) is 5.76. The van der Waals surface area contributed by atoms with E-state index in [9.17, 15) is 4.79 Å². The Balaban J connectivity index is 1.78. The summed E-state index contributed by atoms with van der Waals surface area (Å²) in [5, 5.41) is 17.8. The Morgan fingerprint density at radius 1 is 1.42 bits per heavy atom. The number of fused-ring (bicyclic) bond motifs is 1. The van der Waals surface area contributed by atoms with E-state index in [4.69, 9.17) is 16.3 Å². The highest BCUT2D eigenvalue weighted by atomic mass is 16.2. The van der Waals surface area contributed by atoms with Crippen LogP contribution in [-0.2, 0) is 6.54 Å². The van der Waals surface area contributed by atoms with E-state index in [2.05, 4.69) is 11.2 Å². The van der Waals surface area contributed by atoms with Gasteiger partial charge in [-0.2, -0.15) is 10.5 Å². The molecule has 120 valence electrons. The average Bonchev–Trinajstić information content (AvgIpc) is 3.20. The number of aliphatic imine (C=N–C) groups is 1. The number of nitrogens with two attached hydrogens (primary N) is 1. The first-order chi connectivity index (χ1) is 11.7. The van der Waals surface area contributed by atoms with E-state index in [1.807, 2.05) is 23.1 Å². The van der Waals surface area contributed by atoms with Gasteiger partial charge in [0.25, 0.3) is 5.91 Å². The second-order valence-corrected chi connectivity index (χ2v) is 5.76. The third-order valence-electron chi connectivity index (χ3n) is 4.33. The van der Waals surface area contributed by atoms with Gasteiger partial charge in [0.1, 0.15) is 6.07 Å². The van der Waals surface area contributed by atoms with E-state index in [0.29, 0.717) is 30.9 Å². The molecule has 2 heterocycles. The maximum absolute atomic E-state index is 12.7. The minimum atomic E-state index is -0.0262. The number of carbonyl (C=O) groups is 1. The fourth-order valence-corrected chi connectivity index (χ4v) is 3.03. The van der Waals surface area contributed by atoms with Crippen LogP contribution in [0.1, 0.15) is 22.3 Å². The minimum absolute atomic E-state index is 0.0262. The molecule has 1 unspecified atom stereocenters. The van der Waals surface area contributed by atoms with Crippen LogP contribution in [0.4, 0.5) is 5.69 Å². The highest BCUT2D eigenvalue weighted by Gasteiger charge is 2.36. The van der Waals surface area contributed by atoms with Crippen molar-refractivity contribution in [3.8, 4) is 12.3 Å². The number of hydrogen-bond acceptors (Lipinski definition) is 6. The molecule has 0 bridgehead atoms. The van der Waals surface area contributed by atoms with E-state index in [-0.39, 0.29) is 17.5 Å². The van der Waals surface area contributed by atoms with Crippen LogP contribution in [0.25, 0.3) is 0 Å². The normalized spacial score (nSPS) is 20.3. The number of hydrogen-bond donors (Lipinski definition) is 1. The standard InChI is InChI=1S/C17H16N6O/c18-6-12(7-19)8-21-14-2-1-13-9-23(17(24)16(13)5-14)15-3-4-22(10-15)11-20/h1-2,5-6,8,15H,3-4,9-10,18H2/b12-6-,21-8?. The summed E-state index contributed by atoms with van der Waals surface area (Å²) in [5.41, 5.74) is 7.76. The molecule has 0 aliphatic carbocycles. The molecule has 1 saturated heterocycles. The molecule has 0 radical (unpaired) electrons. The lowest BCUT2D eigenvalue weighted by atomic mass is 10.1. The van der Waals surface area contributed by atoms with Crippen LogP contribution in [0.2, 0.25) is 0 Å². The minimum Gasteiger partial charge on any atom is -0.403 e. The fourth-order valence-electron chi connectivity index (χ4n) is 3.03. The number of allylic oxidation sites excluding steroid dienone is 1. The molecule has 1 atom stereocenters. The maximum Gasteiger partial charge on any atom is 0.254 e. The van der Waals surface area contributed by atoms with Gasteiger partial charge in [-0.25, -0.2) is 0 Å². The summed E-state index contributed by atoms with van der Waals surface area (Å²) in [6.07, 6.45) is 5.51. The van der Waals surface area contributed by atoms with Crippen molar-refractivity contribution < 1.29 is 4.79 Å². The molecule has 0 spiro atoms. The van der Waals surface area contributed by atoms with Crippen molar-refractivity contribution >= 4 is 17.8 Å². The van der Waals surface area contributed by atoms with Crippen LogP contribution < -0.4 is 5.73 Å². The zero-order chi connectivity index (χ0) is 17.1. The van der Waals surface area contributed by atoms with Crippen LogP contribution in [0.3, 0.4) is 0 Å². The van der Waals surface area contributed by atoms with Crippen molar-refractivity contribution in [3.05, 3.63) is 41.1 Å². The number of nitrogens with zero attached hydrogens (tertiary/aromatic N) is 5. The molecule has 7 nitrogen and oxygen atoms in total. The summed E-state index contributed by atoms with van der Waals surface area (Å²) in [6.45, 7) is 1.85. The first-order valence-corrected chi connectivity index (χ1v) is 7.61. The van der Waals surface area contributed by atoms with Gasteiger partial charge in [0.2, 0.25) is 0 Å². The molecule has 2 aliphatic rings. The Kier molecular flexibility index (Phi) is 4.17. The lowest BCUT2D eigenvalue weighted by molar-refractivity contribution is 0.0712. The van der Waals surface area contributed by atoms with Crippen LogP contribution >= 0.6 is 0 Å². The number of amides is 1. The third-order valence-corrected chi connectivity index (χ3v) is 4.33. The number of likely N-dealkylation sites (tertiary alicyclic amines) is 1. The van der Waals surface area contributed by atoms with Crippen molar-refractivity contribution in [1.29, 1.82) is 10.5 Å². The predicted molar refractivity (Wildman–Crippen MR) is 87.9 cm³/mol. The summed E-state index contributed by atoms with van der Waals surface area (Å²) in [4.78, 5) is 20.4. The zero-order valence-electron chi connectivity index (χ0n) is 13.0.